The van der Waals surface area contributed by atoms with Gasteiger partial charge in [0, 0.05) is 19.1 Å². The van der Waals surface area contributed by atoms with Crippen LogP contribution in [0, 0.1) is 6.92 Å². The molecule has 0 bridgehead atoms. The number of rotatable bonds is 6. The highest BCUT2D eigenvalue weighted by Crippen LogP contribution is 2.15. The minimum absolute atomic E-state index is 0.202. The molecule has 9 nitrogen and oxygen atoms in total. The van der Waals surface area contributed by atoms with Crippen LogP contribution < -0.4 is 10.1 Å². The molecule has 0 atom stereocenters. The van der Waals surface area contributed by atoms with Crippen LogP contribution in [0.5, 0.6) is 5.88 Å². The van der Waals surface area contributed by atoms with Gasteiger partial charge in [-0.25, -0.2) is 4.63 Å². The summed E-state index contributed by atoms with van der Waals surface area (Å²) in [5.41, 5.74) is 2.09. The average molecular weight is 334 g/mol. The summed E-state index contributed by atoms with van der Waals surface area (Å²) in [6.07, 6.45) is 0. The summed E-state index contributed by atoms with van der Waals surface area (Å²) < 4.78 is 11.8. The maximum Gasteiger partial charge on any atom is 0.278 e. The van der Waals surface area contributed by atoms with Gasteiger partial charge in [-0.2, -0.15) is 5.10 Å². The van der Waals surface area contributed by atoms with Crippen LogP contribution in [0.1, 0.15) is 35.7 Å². The number of ether oxygens (including phenoxy) is 1. The van der Waals surface area contributed by atoms with E-state index in [9.17, 15) is 4.79 Å². The Kier molecular flexibility index (Phi) is 4.79. The van der Waals surface area contributed by atoms with Crippen LogP contribution in [0.4, 0.5) is 0 Å². The van der Waals surface area contributed by atoms with Crippen LogP contribution in [0.25, 0.3) is 0 Å². The highest BCUT2D eigenvalue weighted by Gasteiger charge is 2.22. The summed E-state index contributed by atoms with van der Waals surface area (Å²) in [5.74, 6) is 0.141. The van der Waals surface area contributed by atoms with Gasteiger partial charge in [-0.05, 0) is 32.0 Å². The van der Waals surface area contributed by atoms with E-state index in [2.05, 4.69) is 44.1 Å². The Labute approximate surface area is 139 Å². The standard InChI is InChI=1S/C15H22N6O3/c1-10(2)20-5-6-21-12(9-20)8-13(17-21)14(22)16-4-7-23-15-11(3)18-24-19-15/h8,10H,4-7,9H2,1-3H3,(H,16,22). The third kappa shape index (κ3) is 3.56. The Morgan fingerprint density at radius 3 is 2.96 bits per heavy atom. The molecule has 0 spiro atoms. The third-order valence-electron chi connectivity index (χ3n) is 4.03. The number of amides is 1. The van der Waals surface area contributed by atoms with Gasteiger partial charge in [-0.15, -0.1) is 0 Å². The number of aryl methyl sites for hydroxylation is 1. The van der Waals surface area contributed by atoms with Gasteiger partial charge in [0.2, 0.25) is 0 Å². The van der Waals surface area contributed by atoms with E-state index in [0.717, 1.165) is 25.3 Å². The van der Waals surface area contributed by atoms with E-state index in [-0.39, 0.29) is 12.5 Å². The average Bonchev–Trinajstić information content (AvgIpc) is 3.16. The molecule has 1 N–H and O–H groups in total. The largest absolute Gasteiger partial charge is 0.472 e. The third-order valence-corrected chi connectivity index (χ3v) is 4.03. The molecule has 0 fully saturated rings. The second kappa shape index (κ2) is 7.00. The maximum atomic E-state index is 12.2. The van der Waals surface area contributed by atoms with Crippen molar-refractivity contribution in [2.45, 2.75) is 39.9 Å². The molecule has 24 heavy (non-hydrogen) atoms. The van der Waals surface area contributed by atoms with Gasteiger partial charge in [-0.1, -0.05) is 5.16 Å². The van der Waals surface area contributed by atoms with Crippen molar-refractivity contribution in [3.63, 3.8) is 0 Å². The summed E-state index contributed by atoms with van der Waals surface area (Å²) in [7, 11) is 0. The number of fused-ring (bicyclic) bond motifs is 1. The fourth-order valence-corrected chi connectivity index (χ4v) is 2.60. The molecule has 0 aliphatic carbocycles. The molecule has 1 aliphatic rings. The van der Waals surface area contributed by atoms with Crippen LogP contribution in [0.15, 0.2) is 10.7 Å². The zero-order chi connectivity index (χ0) is 17.1. The van der Waals surface area contributed by atoms with E-state index in [4.69, 9.17) is 4.74 Å². The van der Waals surface area contributed by atoms with Crippen molar-refractivity contribution < 1.29 is 14.2 Å². The van der Waals surface area contributed by atoms with E-state index in [0.29, 0.717) is 29.9 Å². The minimum atomic E-state index is -0.202. The van der Waals surface area contributed by atoms with Gasteiger partial charge >= 0.3 is 0 Å². The van der Waals surface area contributed by atoms with E-state index >= 15 is 0 Å². The Morgan fingerprint density at radius 1 is 1.42 bits per heavy atom. The van der Waals surface area contributed by atoms with Crippen molar-refractivity contribution in [1.82, 2.24) is 30.3 Å². The Hall–Kier alpha value is -2.42. The molecule has 3 heterocycles. The van der Waals surface area contributed by atoms with E-state index in [1.807, 2.05) is 10.7 Å². The van der Waals surface area contributed by atoms with Crippen LogP contribution in [0.3, 0.4) is 0 Å². The molecule has 1 aliphatic heterocycles. The van der Waals surface area contributed by atoms with Crippen molar-refractivity contribution in [3.8, 4) is 5.88 Å². The Bertz CT molecular complexity index is 708. The second-order valence-corrected chi connectivity index (χ2v) is 6.07. The number of hydrogen-bond acceptors (Lipinski definition) is 7. The zero-order valence-corrected chi connectivity index (χ0v) is 14.2. The molecule has 0 saturated carbocycles. The topological polar surface area (TPSA) is 98.3 Å². The number of nitrogens with zero attached hydrogens (tertiary/aromatic N) is 5. The smallest absolute Gasteiger partial charge is 0.278 e. The lowest BCUT2D eigenvalue weighted by Gasteiger charge is -2.30. The van der Waals surface area contributed by atoms with Crippen molar-refractivity contribution in [3.05, 3.63) is 23.1 Å². The maximum absolute atomic E-state index is 12.2. The molecule has 130 valence electrons. The molecule has 2 aromatic heterocycles. The highest BCUT2D eigenvalue weighted by molar-refractivity contribution is 5.92. The molecule has 3 rings (SSSR count). The van der Waals surface area contributed by atoms with Gasteiger partial charge < -0.3 is 10.1 Å². The van der Waals surface area contributed by atoms with Crippen molar-refractivity contribution in [2.75, 3.05) is 19.7 Å². The second-order valence-electron chi connectivity index (χ2n) is 6.07. The lowest BCUT2D eigenvalue weighted by Crippen LogP contribution is -2.38. The molecule has 0 radical (unpaired) electrons. The van der Waals surface area contributed by atoms with E-state index in [1.54, 1.807) is 6.92 Å². The molecular formula is C15H22N6O3. The first-order valence-corrected chi connectivity index (χ1v) is 8.05. The summed E-state index contributed by atoms with van der Waals surface area (Å²) in [4.78, 5) is 14.6. The fourth-order valence-electron chi connectivity index (χ4n) is 2.60. The van der Waals surface area contributed by atoms with Crippen molar-refractivity contribution in [1.29, 1.82) is 0 Å². The Morgan fingerprint density at radius 2 is 2.25 bits per heavy atom. The highest BCUT2D eigenvalue weighted by atomic mass is 16.6. The van der Waals surface area contributed by atoms with Gasteiger partial charge in [-0.3, -0.25) is 14.4 Å². The summed E-state index contributed by atoms with van der Waals surface area (Å²) in [5, 5.41) is 14.4. The molecule has 2 aromatic rings. The van der Waals surface area contributed by atoms with Crippen LogP contribution >= 0.6 is 0 Å². The molecule has 1 amide bonds. The number of nitrogens with one attached hydrogen (secondary N) is 1. The number of hydrogen-bond donors (Lipinski definition) is 1. The van der Waals surface area contributed by atoms with Crippen molar-refractivity contribution >= 4 is 5.91 Å². The van der Waals surface area contributed by atoms with Crippen molar-refractivity contribution in [2.24, 2.45) is 0 Å². The zero-order valence-electron chi connectivity index (χ0n) is 14.2. The number of carbonyl (C=O) groups excluding carboxylic acids is 1. The quantitative estimate of drug-likeness (QED) is 0.773. The fraction of sp³-hybridized carbons (Fsp3) is 0.600. The number of carbonyl (C=O) groups is 1. The molecule has 0 saturated heterocycles. The van der Waals surface area contributed by atoms with Gasteiger partial charge in [0.15, 0.2) is 0 Å². The van der Waals surface area contributed by atoms with E-state index < -0.39 is 0 Å². The molecule has 0 unspecified atom stereocenters. The first-order chi connectivity index (χ1) is 11.5. The predicted molar refractivity (Wildman–Crippen MR) is 84.6 cm³/mol. The first kappa shape index (κ1) is 16.4. The SMILES string of the molecule is Cc1nonc1OCCNC(=O)c1cc2n(n1)CCN(C(C)C)C2. The summed E-state index contributed by atoms with van der Waals surface area (Å²) in [6, 6.07) is 2.34. The van der Waals surface area contributed by atoms with Crippen LogP contribution in [0.2, 0.25) is 0 Å². The summed E-state index contributed by atoms with van der Waals surface area (Å²) in [6.45, 7) is 9.30. The molecular weight excluding hydrogens is 312 g/mol. The lowest BCUT2D eigenvalue weighted by atomic mass is 10.2. The van der Waals surface area contributed by atoms with Gasteiger partial charge in [0.05, 0.1) is 18.8 Å². The Balaban J connectivity index is 1.50. The minimum Gasteiger partial charge on any atom is -0.472 e. The summed E-state index contributed by atoms with van der Waals surface area (Å²) >= 11 is 0. The van der Waals surface area contributed by atoms with Gasteiger partial charge in [0.25, 0.3) is 11.8 Å². The van der Waals surface area contributed by atoms with Gasteiger partial charge in [0.1, 0.15) is 18.0 Å². The van der Waals surface area contributed by atoms with Crippen LogP contribution in [-0.2, 0) is 13.1 Å². The first-order valence-electron chi connectivity index (χ1n) is 8.05. The van der Waals surface area contributed by atoms with E-state index in [1.165, 1.54) is 0 Å². The molecule has 9 heteroatoms. The molecule has 0 aromatic carbocycles. The predicted octanol–water partition coefficient (Wildman–Crippen LogP) is 0.607. The normalized spacial score (nSPS) is 14.7. The number of aromatic nitrogens is 4. The monoisotopic (exact) mass is 334 g/mol. The lowest BCUT2D eigenvalue weighted by molar-refractivity contribution is 0.0940. The van der Waals surface area contributed by atoms with Crippen LogP contribution in [-0.4, -0.2) is 56.6 Å².